The highest BCUT2D eigenvalue weighted by atomic mass is 16.2. The third-order valence-electron chi connectivity index (χ3n) is 5.93. The molecule has 0 radical (unpaired) electrons. The molecule has 1 saturated carbocycles. The second kappa shape index (κ2) is 9.64. The van der Waals surface area contributed by atoms with Crippen LogP contribution in [0.15, 0.2) is 71.7 Å². The summed E-state index contributed by atoms with van der Waals surface area (Å²) in [6.07, 6.45) is 6.98. The standard InChI is InChI=1S/C26H27N3O3/c1-18-8-5-6-11-22(18)24(30)28-20-13-15-21(16-14-20)29-17-7-12-23(26(29)32)25(31)27-19-9-3-2-4-10-19/h5-8,11-17,19H,2-4,9-10H2,1H3,(H,27,31)(H,28,30). The van der Waals surface area contributed by atoms with Crippen molar-refractivity contribution < 1.29 is 9.59 Å². The molecule has 2 N–H and O–H groups in total. The summed E-state index contributed by atoms with van der Waals surface area (Å²) in [6, 6.07) is 17.8. The van der Waals surface area contributed by atoms with Crippen LogP contribution in [0, 0.1) is 6.92 Å². The van der Waals surface area contributed by atoms with E-state index in [1.807, 2.05) is 25.1 Å². The molecule has 0 saturated heterocycles. The molecule has 0 aliphatic heterocycles. The fourth-order valence-electron chi connectivity index (χ4n) is 4.11. The van der Waals surface area contributed by atoms with E-state index >= 15 is 0 Å². The molecular weight excluding hydrogens is 402 g/mol. The van der Waals surface area contributed by atoms with Crippen LogP contribution >= 0.6 is 0 Å². The van der Waals surface area contributed by atoms with Gasteiger partial charge in [0, 0.05) is 29.2 Å². The summed E-state index contributed by atoms with van der Waals surface area (Å²) < 4.78 is 1.45. The lowest BCUT2D eigenvalue weighted by molar-refractivity contribution is 0.0925. The Hall–Kier alpha value is -3.67. The van der Waals surface area contributed by atoms with Gasteiger partial charge in [0.25, 0.3) is 17.4 Å². The number of aryl methyl sites for hydroxylation is 1. The highest BCUT2D eigenvalue weighted by molar-refractivity contribution is 6.05. The number of hydrogen-bond donors (Lipinski definition) is 2. The van der Waals surface area contributed by atoms with Gasteiger partial charge < -0.3 is 10.6 Å². The quantitative estimate of drug-likeness (QED) is 0.628. The van der Waals surface area contributed by atoms with Gasteiger partial charge in [0.1, 0.15) is 5.56 Å². The first kappa shape index (κ1) is 21.6. The molecular formula is C26H27N3O3. The number of carbonyl (C=O) groups excluding carboxylic acids is 2. The second-order valence-electron chi connectivity index (χ2n) is 8.22. The maximum absolute atomic E-state index is 13.0. The predicted octanol–water partition coefficient (Wildman–Crippen LogP) is 4.46. The van der Waals surface area contributed by atoms with Crippen molar-refractivity contribution in [2.45, 2.75) is 45.1 Å². The summed E-state index contributed by atoms with van der Waals surface area (Å²) in [4.78, 5) is 38.2. The zero-order chi connectivity index (χ0) is 22.5. The van der Waals surface area contributed by atoms with Gasteiger partial charge in [-0.1, -0.05) is 37.5 Å². The number of nitrogens with zero attached hydrogens (tertiary/aromatic N) is 1. The summed E-state index contributed by atoms with van der Waals surface area (Å²) in [6.45, 7) is 1.89. The molecule has 0 unspecified atom stereocenters. The number of carbonyl (C=O) groups is 2. The van der Waals surface area contributed by atoms with Crippen molar-refractivity contribution >= 4 is 17.5 Å². The smallest absolute Gasteiger partial charge is 0.267 e. The lowest BCUT2D eigenvalue weighted by Gasteiger charge is -2.22. The first-order chi connectivity index (χ1) is 15.5. The van der Waals surface area contributed by atoms with Gasteiger partial charge in [-0.3, -0.25) is 19.0 Å². The van der Waals surface area contributed by atoms with Crippen molar-refractivity contribution in [2.75, 3.05) is 5.32 Å². The lowest BCUT2D eigenvalue weighted by atomic mass is 9.95. The molecule has 1 aliphatic rings. The van der Waals surface area contributed by atoms with Gasteiger partial charge in [0.05, 0.1) is 0 Å². The van der Waals surface area contributed by atoms with E-state index in [0.717, 1.165) is 31.2 Å². The molecule has 6 heteroatoms. The van der Waals surface area contributed by atoms with Gasteiger partial charge >= 0.3 is 0 Å². The largest absolute Gasteiger partial charge is 0.349 e. The van der Waals surface area contributed by atoms with Gasteiger partial charge in [0.15, 0.2) is 0 Å². The van der Waals surface area contributed by atoms with E-state index in [2.05, 4.69) is 10.6 Å². The van der Waals surface area contributed by atoms with Crippen LogP contribution in [0.3, 0.4) is 0 Å². The Bertz CT molecular complexity index is 1180. The first-order valence-electron chi connectivity index (χ1n) is 11.0. The Morgan fingerprint density at radius 3 is 2.25 bits per heavy atom. The summed E-state index contributed by atoms with van der Waals surface area (Å²) in [5.74, 6) is -0.507. The van der Waals surface area contributed by atoms with Crippen LogP contribution in [-0.4, -0.2) is 22.4 Å². The second-order valence-corrected chi connectivity index (χ2v) is 8.22. The molecule has 1 fully saturated rings. The molecule has 2 amide bonds. The van der Waals surface area contributed by atoms with E-state index in [0.29, 0.717) is 16.9 Å². The molecule has 1 heterocycles. The highest BCUT2D eigenvalue weighted by Crippen LogP contribution is 2.18. The Balaban J connectivity index is 1.50. The number of benzene rings is 2. The topological polar surface area (TPSA) is 80.2 Å². The molecule has 0 atom stereocenters. The van der Waals surface area contributed by atoms with Gasteiger partial charge in [-0.2, -0.15) is 0 Å². The lowest BCUT2D eigenvalue weighted by Crippen LogP contribution is -2.39. The van der Waals surface area contributed by atoms with Crippen molar-refractivity contribution in [3.8, 4) is 5.69 Å². The fourth-order valence-corrected chi connectivity index (χ4v) is 4.11. The van der Waals surface area contributed by atoms with Crippen LogP contribution in [0.2, 0.25) is 0 Å². The van der Waals surface area contributed by atoms with Crippen molar-refractivity contribution in [3.63, 3.8) is 0 Å². The van der Waals surface area contributed by atoms with Crippen LogP contribution in [0.1, 0.15) is 58.4 Å². The molecule has 4 rings (SSSR count). The maximum Gasteiger partial charge on any atom is 0.267 e. The van der Waals surface area contributed by atoms with Gasteiger partial charge in [-0.15, -0.1) is 0 Å². The average molecular weight is 430 g/mol. The number of rotatable bonds is 5. The molecule has 1 aliphatic carbocycles. The number of amides is 2. The zero-order valence-corrected chi connectivity index (χ0v) is 18.1. The number of aromatic nitrogens is 1. The monoisotopic (exact) mass is 429 g/mol. The zero-order valence-electron chi connectivity index (χ0n) is 18.1. The SMILES string of the molecule is Cc1ccccc1C(=O)Nc1ccc(-n2cccc(C(=O)NC3CCCCC3)c2=O)cc1. The van der Waals surface area contributed by atoms with Gasteiger partial charge in [-0.25, -0.2) is 0 Å². The minimum atomic E-state index is -0.363. The Labute approximate surface area is 187 Å². The van der Waals surface area contributed by atoms with E-state index in [-0.39, 0.29) is 29.0 Å². The van der Waals surface area contributed by atoms with E-state index in [1.165, 1.54) is 11.0 Å². The van der Waals surface area contributed by atoms with E-state index < -0.39 is 0 Å². The number of nitrogens with one attached hydrogen (secondary N) is 2. The van der Waals surface area contributed by atoms with E-state index in [1.54, 1.807) is 48.7 Å². The third-order valence-corrected chi connectivity index (χ3v) is 5.93. The Morgan fingerprint density at radius 1 is 0.844 bits per heavy atom. The summed E-state index contributed by atoms with van der Waals surface area (Å²) >= 11 is 0. The maximum atomic E-state index is 13.0. The molecule has 32 heavy (non-hydrogen) atoms. The minimum absolute atomic E-state index is 0.134. The third kappa shape index (κ3) is 4.80. The average Bonchev–Trinajstić information content (AvgIpc) is 2.81. The van der Waals surface area contributed by atoms with Crippen molar-refractivity contribution in [3.05, 3.63) is 93.9 Å². The normalized spacial score (nSPS) is 14.0. The predicted molar refractivity (Wildman–Crippen MR) is 126 cm³/mol. The summed E-state index contributed by atoms with van der Waals surface area (Å²) in [7, 11) is 0. The van der Waals surface area contributed by atoms with E-state index in [9.17, 15) is 14.4 Å². The molecule has 164 valence electrons. The Morgan fingerprint density at radius 2 is 1.53 bits per heavy atom. The minimum Gasteiger partial charge on any atom is -0.349 e. The number of pyridine rings is 1. The van der Waals surface area contributed by atoms with Crippen LogP contribution < -0.4 is 16.2 Å². The van der Waals surface area contributed by atoms with Crippen molar-refractivity contribution in [1.82, 2.24) is 9.88 Å². The molecule has 2 aromatic carbocycles. The van der Waals surface area contributed by atoms with Gasteiger partial charge in [-0.05, 0) is 67.8 Å². The molecule has 1 aromatic heterocycles. The fraction of sp³-hybridized carbons (Fsp3) is 0.269. The van der Waals surface area contributed by atoms with Crippen LogP contribution in [0.25, 0.3) is 5.69 Å². The summed E-state index contributed by atoms with van der Waals surface area (Å²) in [5, 5.41) is 5.88. The highest BCUT2D eigenvalue weighted by Gasteiger charge is 2.19. The Kier molecular flexibility index (Phi) is 6.50. The van der Waals surface area contributed by atoms with E-state index in [4.69, 9.17) is 0 Å². The van der Waals surface area contributed by atoms with Crippen molar-refractivity contribution in [1.29, 1.82) is 0 Å². The van der Waals surface area contributed by atoms with Crippen molar-refractivity contribution in [2.24, 2.45) is 0 Å². The summed E-state index contributed by atoms with van der Waals surface area (Å²) in [5.41, 5.74) is 2.53. The molecule has 0 bridgehead atoms. The molecule has 6 nitrogen and oxygen atoms in total. The number of anilines is 1. The van der Waals surface area contributed by atoms with Crippen LogP contribution in [-0.2, 0) is 0 Å². The molecule has 0 spiro atoms. The first-order valence-corrected chi connectivity index (χ1v) is 11.0. The number of hydrogen-bond acceptors (Lipinski definition) is 3. The van der Waals surface area contributed by atoms with Crippen LogP contribution in [0.4, 0.5) is 5.69 Å². The van der Waals surface area contributed by atoms with Gasteiger partial charge in [0.2, 0.25) is 0 Å². The van der Waals surface area contributed by atoms with Crippen LogP contribution in [0.5, 0.6) is 0 Å². The molecule has 3 aromatic rings.